The number of hydrogen-bond donors (Lipinski definition) is 1. The molecule has 0 fully saturated rings. The van der Waals surface area contributed by atoms with E-state index in [0.29, 0.717) is 12.1 Å². The van der Waals surface area contributed by atoms with Crippen molar-refractivity contribution >= 4 is 33.1 Å². The Morgan fingerprint density at radius 3 is 2.76 bits per heavy atom. The maximum absolute atomic E-state index is 12.4. The molecule has 0 aromatic carbocycles. The van der Waals surface area contributed by atoms with E-state index in [1.807, 2.05) is 11.6 Å². The molecule has 0 atom stereocenters. The van der Waals surface area contributed by atoms with Gasteiger partial charge in [0.05, 0.1) is 28.0 Å². The molecule has 7 heteroatoms. The second-order valence-electron chi connectivity index (χ2n) is 4.60. The van der Waals surface area contributed by atoms with Crippen LogP contribution in [0, 0.1) is 0 Å². The van der Waals surface area contributed by atoms with Crippen molar-refractivity contribution in [3.8, 4) is 0 Å². The highest BCUT2D eigenvalue weighted by Gasteiger charge is 2.15. The summed E-state index contributed by atoms with van der Waals surface area (Å²) in [6.45, 7) is 5.25. The minimum Gasteiger partial charge on any atom is -0.389 e. The van der Waals surface area contributed by atoms with Gasteiger partial charge in [0, 0.05) is 12.7 Å². The van der Waals surface area contributed by atoms with E-state index < -0.39 is 0 Å². The van der Waals surface area contributed by atoms with Crippen molar-refractivity contribution in [1.82, 2.24) is 14.3 Å². The molecule has 2 rings (SSSR count). The third kappa shape index (κ3) is 3.08. The summed E-state index contributed by atoms with van der Waals surface area (Å²) in [6.07, 6.45) is 2.57. The fraction of sp³-hybridized carbons (Fsp3) is 0.357. The van der Waals surface area contributed by atoms with Crippen molar-refractivity contribution in [1.29, 1.82) is 0 Å². The summed E-state index contributed by atoms with van der Waals surface area (Å²) >= 11 is 8.49. The number of hydrogen-bond acceptors (Lipinski definition) is 3. The zero-order chi connectivity index (χ0) is 15.6. The molecule has 0 unspecified atom stereocenters. The van der Waals surface area contributed by atoms with Gasteiger partial charge in [0.15, 0.2) is 0 Å². The predicted molar refractivity (Wildman–Crippen MR) is 90.7 cm³/mol. The highest BCUT2D eigenvalue weighted by molar-refractivity contribution is 9.10. The summed E-state index contributed by atoms with van der Waals surface area (Å²) in [4.78, 5) is 12.5. The molecular formula is C14H17BrN4OS. The lowest BCUT2D eigenvalue weighted by Crippen LogP contribution is -2.29. The van der Waals surface area contributed by atoms with Crippen LogP contribution in [0.25, 0.3) is 0 Å². The average Bonchev–Trinajstić information content (AvgIpc) is 2.77. The number of nitrogens with zero attached hydrogens (tertiary/aromatic N) is 3. The lowest BCUT2D eigenvalue weighted by molar-refractivity contribution is 0.588. The number of aromatic nitrogens is 3. The van der Waals surface area contributed by atoms with Crippen molar-refractivity contribution in [2.75, 3.05) is 0 Å². The van der Waals surface area contributed by atoms with Gasteiger partial charge in [-0.15, -0.1) is 0 Å². The van der Waals surface area contributed by atoms with E-state index in [2.05, 4.69) is 28.0 Å². The molecule has 112 valence electrons. The Kier molecular flexibility index (Phi) is 4.95. The van der Waals surface area contributed by atoms with Crippen LogP contribution in [-0.2, 0) is 19.5 Å². The lowest BCUT2D eigenvalue weighted by atomic mass is 10.2. The topological polar surface area (TPSA) is 65.8 Å². The summed E-state index contributed by atoms with van der Waals surface area (Å²) in [6, 6.07) is 3.42. The summed E-state index contributed by atoms with van der Waals surface area (Å²) in [5, 5.41) is 4.53. The second kappa shape index (κ2) is 6.53. The van der Waals surface area contributed by atoms with Crippen molar-refractivity contribution in [2.45, 2.75) is 33.4 Å². The largest absolute Gasteiger partial charge is 0.389 e. The fourth-order valence-corrected chi connectivity index (χ4v) is 3.02. The van der Waals surface area contributed by atoms with Crippen molar-refractivity contribution in [2.24, 2.45) is 5.73 Å². The van der Waals surface area contributed by atoms with Crippen LogP contribution >= 0.6 is 28.1 Å². The van der Waals surface area contributed by atoms with Crippen LogP contribution in [0.15, 0.2) is 27.6 Å². The van der Waals surface area contributed by atoms with Crippen molar-refractivity contribution < 1.29 is 0 Å². The number of pyridine rings is 1. The van der Waals surface area contributed by atoms with Gasteiger partial charge in [-0.1, -0.05) is 19.1 Å². The molecule has 2 aromatic rings. The van der Waals surface area contributed by atoms with E-state index in [9.17, 15) is 4.79 Å². The summed E-state index contributed by atoms with van der Waals surface area (Å²) < 4.78 is 4.46. The maximum atomic E-state index is 12.4. The molecule has 0 radical (unpaired) electrons. The van der Waals surface area contributed by atoms with Gasteiger partial charge < -0.3 is 10.3 Å². The Morgan fingerprint density at radius 2 is 2.19 bits per heavy atom. The Balaban J connectivity index is 2.48. The SMILES string of the molecule is CCc1nn(CC)c(Cn2cccc(C(N)=S)c2=O)c1Br. The van der Waals surface area contributed by atoms with Gasteiger partial charge in [-0.3, -0.25) is 9.48 Å². The van der Waals surface area contributed by atoms with E-state index in [-0.39, 0.29) is 10.5 Å². The van der Waals surface area contributed by atoms with E-state index >= 15 is 0 Å². The number of aryl methyl sites for hydroxylation is 2. The molecule has 0 bridgehead atoms. The first kappa shape index (κ1) is 15.9. The van der Waals surface area contributed by atoms with Gasteiger partial charge in [0.1, 0.15) is 4.99 Å². The number of rotatable bonds is 5. The lowest BCUT2D eigenvalue weighted by Gasteiger charge is -2.09. The highest BCUT2D eigenvalue weighted by Crippen LogP contribution is 2.22. The molecule has 21 heavy (non-hydrogen) atoms. The third-order valence-electron chi connectivity index (χ3n) is 3.30. The number of nitrogens with two attached hydrogens (primary N) is 1. The van der Waals surface area contributed by atoms with Crippen LogP contribution in [0.5, 0.6) is 0 Å². The first-order chi connectivity index (χ1) is 9.99. The third-order valence-corrected chi connectivity index (χ3v) is 4.44. The molecule has 0 saturated heterocycles. The molecule has 0 spiro atoms. The molecule has 0 aliphatic heterocycles. The Hall–Kier alpha value is -1.47. The number of thiocarbonyl (C=S) groups is 1. The highest BCUT2D eigenvalue weighted by atomic mass is 79.9. The maximum Gasteiger partial charge on any atom is 0.261 e. The van der Waals surface area contributed by atoms with E-state index in [4.69, 9.17) is 18.0 Å². The van der Waals surface area contributed by atoms with Crippen LogP contribution in [0.3, 0.4) is 0 Å². The Bertz CT molecular complexity index is 735. The molecule has 5 nitrogen and oxygen atoms in total. The average molecular weight is 369 g/mol. The van der Waals surface area contributed by atoms with Crippen molar-refractivity contribution in [3.05, 3.63) is 50.1 Å². The van der Waals surface area contributed by atoms with Gasteiger partial charge in [0.2, 0.25) is 0 Å². The Morgan fingerprint density at radius 1 is 1.48 bits per heavy atom. The monoisotopic (exact) mass is 368 g/mol. The molecule has 0 aliphatic carbocycles. The molecule has 2 aromatic heterocycles. The minimum atomic E-state index is -0.182. The quantitative estimate of drug-likeness (QED) is 0.820. The van der Waals surface area contributed by atoms with Gasteiger partial charge in [-0.25, -0.2) is 0 Å². The minimum absolute atomic E-state index is 0.117. The molecule has 2 N–H and O–H groups in total. The van der Waals surface area contributed by atoms with Gasteiger partial charge >= 0.3 is 0 Å². The van der Waals surface area contributed by atoms with Crippen LogP contribution in [0.1, 0.15) is 30.8 Å². The van der Waals surface area contributed by atoms with Gasteiger partial charge in [-0.05, 0) is 41.4 Å². The van der Waals surface area contributed by atoms with Crippen LogP contribution in [0.4, 0.5) is 0 Å². The summed E-state index contributed by atoms with van der Waals surface area (Å²) in [5.74, 6) is 0. The smallest absolute Gasteiger partial charge is 0.261 e. The fourth-order valence-electron chi connectivity index (χ4n) is 2.18. The van der Waals surface area contributed by atoms with Gasteiger partial charge in [0.25, 0.3) is 5.56 Å². The van der Waals surface area contributed by atoms with E-state index in [0.717, 1.165) is 28.8 Å². The molecule has 0 saturated carbocycles. The predicted octanol–water partition coefficient (Wildman–Crippen LogP) is 2.07. The van der Waals surface area contributed by atoms with E-state index in [1.54, 1.807) is 22.9 Å². The summed E-state index contributed by atoms with van der Waals surface area (Å²) in [7, 11) is 0. The molecule has 2 heterocycles. The first-order valence-electron chi connectivity index (χ1n) is 6.72. The zero-order valence-corrected chi connectivity index (χ0v) is 14.4. The Labute approximate surface area is 136 Å². The molecular weight excluding hydrogens is 352 g/mol. The first-order valence-corrected chi connectivity index (χ1v) is 7.93. The zero-order valence-electron chi connectivity index (χ0n) is 12.0. The molecule has 0 amide bonds. The van der Waals surface area contributed by atoms with E-state index in [1.165, 1.54) is 0 Å². The van der Waals surface area contributed by atoms with Gasteiger partial charge in [-0.2, -0.15) is 5.10 Å². The number of halogens is 1. The normalized spacial score (nSPS) is 10.8. The van der Waals surface area contributed by atoms with Crippen LogP contribution < -0.4 is 11.3 Å². The molecule has 0 aliphatic rings. The van der Waals surface area contributed by atoms with Crippen LogP contribution in [0.2, 0.25) is 0 Å². The second-order valence-corrected chi connectivity index (χ2v) is 5.83. The standard InChI is InChI=1S/C14H17BrN4OS/c1-3-10-12(15)11(19(4-2)17-10)8-18-7-5-6-9(13(16)21)14(18)20/h5-7H,3-4,8H2,1-2H3,(H2,16,21). The van der Waals surface area contributed by atoms with Crippen molar-refractivity contribution in [3.63, 3.8) is 0 Å². The summed E-state index contributed by atoms with van der Waals surface area (Å²) in [5.41, 5.74) is 7.72. The van der Waals surface area contributed by atoms with Crippen LogP contribution in [-0.4, -0.2) is 19.3 Å².